The van der Waals surface area contributed by atoms with Crippen molar-refractivity contribution in [2.75, 3.05) is 26.9 Å². The molecule has 21 heavy (non-hydrogen) atoms. The normalized spacial score (nSPS) is 17.5. The summed E-state index contributed by atoms with van der Waals surface area (Å²) in [4.78, 5) is 0. The van der Waals surface area contributed by atoms with Gasteiger partial charge in [-0.3, -0.25) is 0 Å². The second-order valence-corrected chi connectivity index (χ2v) is 6.08. The van der Waals surface area contributed by atoms with Gasteiger partial charge < -0.3 is 19.9 Å². The summed E-state index contributed by atoms with van der Waals surface area (Å²) in [6.07, 6.45) is 2.79. The van der Waals surface area contributed by atoms with E-state index in [4.69, 9.17) is 31.5 Å². The molecule has 1 aliphatic heterocycles. The molecule has 0 amide bonds. The molecule has 0 aliphatic carbocycles. The number of methoxy groups -OCH3 is 1. The van der Waals surface area contributed by atoms with Gasteiger partial charge in [0, 0.05) is 35.9 Å². The van der Waals surface area contributed by atoms with Crippen molar-refractivity contribution in [2.24, 2.45) is 11.7 Å². The summed E-state index contributed by atoms with van der Waals surface area (Å²) in [5.41, 5.74) is 6.92. The number of hydrogen-bond acceptors (Lipinski definition) is 4. The van der Waals surface area contributed by atoms with Crippen LogP contribution in [0.15, 0.2) is 12.1 Å². The Labute approximate surface area is 131 Å². The third-order valence-electron chi connectivity index (χ3n) is 3.66. The van der Waals surface area contributed by atoms with Crippen LogP contribution in [0.25, 0.3) is 0 Å². The Morgan fingerprint density at radius 2 is 2.10 bits per heavy atom. The molecule has 0 bridgehead atoms. The minimum atomic E-state index is 0.0404. The molecule has 1 aromatic carbocycles. The molecule has 5 heteroatoms. The van der Waals surface area contributed by atoms with E-state index < -0.39 is 0 Å². The smallest absolute Gasteiger partial charge is 0.164 e. The first kappa shape index (κ1) is 16.4. The first-order valence-corrected chi connectivity index (χ1v) is 7.80. The predicted molar refractivity (Wildman–Crippen MR) is 84.4 cm³/mol. The lowest BCUT2D eigenvalue weighted by Gasteiger charge is -2.24. The lowest BCUT2D eigenvalue weighted by Crippen LogP contribution is -2.22. The van der Waals surface area contributed by atoms with Crippen molar-refractivity contribution in [1.29, 1.82) is 0 Å². The van der Waals surface area contributed by atoms with E-state index in [-0.39, 0.29) is 6.04 Å². The maximum Gasteiger partial charge on any atom is 0.164 e. The van der Waals surface area contributed by atoms with Gasteiger partial charge in [0.25, 0.3) is 0 Å². The van der Waals surface area contributed by atoms with E-state index in [1.54, 1.807) is 13.2 Å². The van der Waals surface area contributed by atoms with Crippen molar-refractivity contribution < 1.29 is 14.2 Å². The maximum absolute atomic E-state index is 6.14. The van der Waals surface area contributed by atoms with Gasteiger partial charge in [0.2, 0.25) is 0 Å². The molecular formula is C16H24ClNO3. The summed E-state index contributed by atoms with van der Waals surface area (Å²) >= 11 is 6.14. The molecule has 118 valence electrons. The second kappa shape index (κ2) is 7.87. The van der Waals surface area contributed by atoms with Gasteiger partial charge in [0.1, 0.15) is 0 Å². The van der Waals surface area contributed by atoms with E-state index in [2.05, 4.69) is 0 Å². The van der Waals surface area contributed by atoms with Crippen LogP contribution in [0.4, 0.5) is 0 Å². The van der Waals surface area contributed by atoms with Crippen molar-refractivity contribution in [3.63, 3.8) is 0 Å². The Bertz CT molecular complexity index is 459. The summed E-state index contributed by atoms with van der Waals surface area (Å²) in [7, 11) is 1.63. The Morgan fingerprint density at radius 1 is 1.38 bits per heavy atom. The number of benzene rings is 1. The van der Waals surface area contributed by atoms with Crippen molar-refractivity contribution in [1.82, 2.24) is 0 Å². The molecule has 4 nitrogen and oxygen atoms in total. The SMILES string of the molecule is COc1cc(Cl)cc(CC(C)N)c1OCC1CCOCC1. The topological polar surface area (TPSA) is 53.7 Å². The summed E-state index contributed by atoms with van der Waals surface area (Å²) < 4.78 is 16.8. The number of rotatable bonds is 6. The van der Waals surface area contributed by atoms with E-state index in [0.29, 0.717) is 29.7 Å². The molecule has 1 aromatic rings. The van der Waals surface area contributed by atoms with Gasteiger partial charge in [-0.05, 0) is 38.2 Å². The van der Waals surface area contributed by atoms with Gasteiger partial charge in [0.15, 0.2) is 11.5 Å². The quantitative estimate of drug-likeness (QED) is 0.877. The molecule has 1 heterocycles. The van der Waals surface area contributed by atoms with E-state index >= 15 is 0 Å². The largest absolute Gasteiger partial charge is 0.493 e. The fourth-order valence-electron chi connectivity index (χ4n) is 2.55. The van der Waals surface area contributed by atoms with Gasteiger partial charge in [0.05, 0.1) is 13.7 Å². The third-order valence-corrected chi connectivity index (χ3v) is 3.88. The lowest BCUT2D eigenvalue weighted by atomic mass is 10.0. The maximum atomic E-state index is 6.14. The van der Waals surface area contributed by atoms with Gasteiger partial charge in [-0.2, -0.15) is 0 Å². The third kappa shape index (κ3) is 4.77. The molecule has 1 fully saturated rings. The average Bonchev–Trinajstić information content (AvgIpc) is 2.46. The first-order valence-electron chi connectivity index (χ1n) is 7.42. The molecule has 1 saturated heterocycles. The van der Waals surface area contributed by atoms with E-state index in [1.165, 1.54) is 0 Å². The van der Waals surface area contributed by atoms with Gasteiger partial charge in [-0.15, -0.1) is 0 Å². The highest BCUT2D eigenvalue weighted by Crippen LogP contribution is 2.36. The van der Waals surface area contributed by atoms with Crippen LogP contribution in [0.5, 0.6) is 11.5 Å². The Hall–Kier alpha value is -0.970. The Morgan fingerprint density at radius 3 is 2.71 bits per heavy atom. The Balaban J connectivity index is 2.14. The van der Waals surface area contributed by atoms with Crippen molar-refractivity contribution in [3.8, 4) is 11.5 Å². The number of halogens is 1. The number of ether oxygens (including phenoxy) is 3. The van der Waals surface area contributed by atoms with Gasteiger partial charge in [-0.25, -0.2) is 0 Å². The van der Waals surface area contributed by atoms with E-state index in [9.17, 15) is 0 Å². The minimum absolute atomic E-state index is 0.0404. The van der Waals surface area contributed by atoms with E-state index in [1.807, 2.05) is 13.0 Å². The zero-order chi connectivity index (χ0) is 15.2. The molecule has 1 unspecified atom stereocenters. The van der Waals surface area contributed by atoms with Crippen LogP contribution in [0.2, 0.25) is 5.02 Å². The van der Waals surface area contributed by atoms with E-state index in [0.717, 1.165) is 37.4 Å². The van der Waals surface area contributed by atoms with Crippen LogP contribution in [-0.4, -0.2) is 33.0 Å². The van der Waals surface area contributed by atoms with Crippen LogP contribution in [0.1, 0.15) is 25.3 Å². The zero-order valence-corrected chi connectivity index (χ0v) is 13.5. The number of hydrogen-bond donors (Lipinski definition) is 1. The Kier molecular flexibility index (Phi) is 6.15. The number of nitrogens with two attached hydrogens (primary N) is 1. The molecular weight excluding hydrogens is 290 g/mol. The standard InChI is InChI=1S/C16H24ClNO3/c1-11(18)7-13-8-14(17)9-15(19-2)16(13)21-10-12-3-5-20-6-4-12/h8-9,11-12H,3-7,10,18H2,1-2H3. The molecule has 0 radical (unpaired) electrons. The van der Waals surface area contributed by atoms with Crippen molar-refractivity contribution >= 4 is 11.6 Å². The molecule has 1 aliphatic rings. The molecule has 0 saturated carbocycles. The molecule has 2 rings (SSSR count). The second-order valence-electron chi connectivity index (χ2n) is 5.64. The summed E-state index contributed by atoms with van der Waals surface area (Å²) in [5, 5.41) is 0.640. The first-order chi connectivity index (χ1) is 10.1. The molecule has 1 atom stereocenters. The van der Waals surface area contributed by atoms with Crippen LogP contribution in [-0.2, 0) is 11.2 Å². The monoisotopic (exact) mass is 313 g/mol. The molecule has 2 N–H and O–H groups in total. The fourth-order valence-corrected chi connectivity index (χ4v) is 2.78. The highest BCUT2D eigenvalue weighted by molar-refractivity contribution is 6.30. The summed E-state index contributed by atoms with van der Waals surface area (Å²) in [6.45, 7) is 4.28. The van der Waals surface area contributed by atoms with Crippen molar-refractivity contribution in [2.45, 2.75) is 32.2 Å². The van der Waals surface area contributed by atoms with Crippen LogP contribution < -0.4 is 15.2 Å². The minimum Gasteiger partial charge on any atom is -0.493 e. The highest BCUT2D eigenvalue weighted by Gasteiger charge is 2.18. The lowest BCUT2D eigenvalue weighted by molar-refractivity contribution is 0.0492. The van der Waals surface area contributed by atoms with Gasteiger partial charge >= 0.3 is 0 Å². The molecule has 0 spiro atoms. The van der Waals surface area contributed by atoms with Crippen LogP contribution >= 0.6 is 11.6 Å². The van der Waals surface area contributed by atoms with Crippen LogP contribution in [0.3, 0.4) is 0 Å². The zero-order valence-electron chi connectivity index (χ0n) is 12.7. The molecule has 0 aromatic heterocycles. The van der Waals surface area contributed by atoms with Crippen molar-refractivity contribution in [3.05, 3.63) is 22.7 Å². The predicted octanol–water partition coefficient (Wildman–Crippen LogP) is 3.04. The summed E-state index contributed by atoms with van der Waals surface area (Å²) in [5.74, 6) is 1.97. The average molecular weight is 314 g/mol. The summed E-state index contributed by atoms with van der Waals surface area (Å²) in [6, 6.07) is 3.73. The highest BCUT2D eigenvalue weighted by atomic mass is 35.5. The fraction of sp³-hybridized carbons (Fsp3) is 0.625. The van der Waals surface area contributed by atoms with Crippen LogP contribution in [0, 0.1) is 5.92 Å². The van der Waals surface area contributed by atoms with Gasteiger partial charge in [-0.1, -0.05) is 11.6 Å².